The first-order valence-corrected chi connectivity index (χ1v) is 7.25. The van der Waals surface area contributed by atoms with Crippen molar-refractivity contribution in [3.05, 3.63) is 30.2 Å². The van der Waals surface area contributed by atoms with Crippen LogP contribution < -0.4 is 0 Å². The monoisotopic (exact) mass is 329 g/mol. The zero-order valence-electron chi connectivity index (χ0n) is 9.45. The second-order valence-corrected chi connectivity index (χ2v) is 5.18. The summed E-state index contributed by atoms with van der Waals surface area (Å²) in [5, 5.41) is 0. The Bertz CT molecular complexity index is 419. The van der Waals surface area contributed by atoms with E-state index in [-0.39, 0.29) is 0 Å². The summed E-state index contributed by atoms with van der Waals surface area (Å²) >= 11 is 2.42. The number of hydrogen-bond acceptors (Lipinski definition) is 2. The van der Waals surface area contributed by atoms with Crippen LogP contribution in [-0.4, -0.2) is 9.41 Å². The lowest BCUT2D eigenvalue weighted by atomic mass is 10.0. The van der Waals surface area contributed by atoms with E-state index in [4.69, 9.17) is 4.42 Å². The van der Waals surface area contributed by atoms with E-state index in [0.717, 1.165) is 23.4 Å². The van der Waals surface area contributed by atoms with Gasteiger partial charge in [0.2, 0.25) is 0 Å². The standard InChI is InChI=1S/C13H16INO/c1-10(6-4-5-9-14)13-15-11-7-2-3-8-12(11)16-13/h2-3,7-8,10H,4-6,9H2,1H3. The molecule has 2 rings (SSSR count). The smallest absolute Gasteiger partial charge is 0.198 e. The highest BCUT2D eigenvalue weighted by Crippen LogP contribution is 2.24. The number of nitrogens with zero attached hydrogens (tertiary/aromatic N) is 1. The molecule has 16 heavy (non-hydrogen) atoms. The highest BCUT2D eigenvalue weighted by molar-refractivity contribution is 14.1. The molecule has 0 saturated heterocycles. The number of alkyl halides is 1. The van der Waals surface area contributed by atoms with Crippen molar-refractivity contribution >= 4 is 33.7 Å². The van der Waals surface area contributed by atoms with E-state index in [1.165, 1.54) is 17.3 Å². The molecule has 2 aromatic rings. The highest BCUT2D eigenvalue weighted by atomic mass is 127. The summed E-state index contributed by atoms with van der Waals surface area (Å²) < 4.78 is 6.98. The normalized spacial score (nSPS) is 13.1. The molecular weight excluding hydrogens is 313 g/mol. The van der Waals surface area contributed by atoms with Crippen molar-refractivity contribution in [3.63, 3.8) is 0 Å². The van der Waals surface area contributed by atoms with Gasteiger partial charge < -0.3 is 4.42 Å². The van der Waals surface area contributed by atoms with E-state index in [9.17, 15) is 0 Å². The van der Waals surface area contributed by atoms with Crippen molar-refractivity contribution in [2.45, 2.75) is 32.1 Å². The van der Waals surface area contributed by atoms with E-state index in [2.05, 4.69) is 34.5 Å². The third-order valence-electron chi connectivity index (χ3n) is 2.75. The van der Waals surface area contributed by atoms with Gasteiger partial charge in [-0.1, -0.05) is 48.1 Å². The maximum Gasteiger partial charge on any atom is 0.198 e. The Morgan fingerprint density at radius 3 is 2.88 bits per heavy atom. The third-order valence-corrected chi connectivity index (χ3v) is 3.52. The molecule has 0 fully saturated rings. The minimum atomic E-state index is 0.426. The summed E-state index contributed by atoms with van der Waals surface area (Å²) in [6, 6.07) is 7.96. The molecule has 1 unspecified atom stereocenters. The number of oxazole rings is 1. The van der Waals surface area contributed by atoms with Crippen molar-refractivity contribution in [1.29, 1.82) is 0 Å². The van der Waals surface area contributed by atoms with Gasteiger partial charge in [-0.25, -0.2) is 4.98 Å². The van der Waals surface area contributed by atoms with Gasteiger partial charge in [0.15, 0.2) is 11.5 Å². The fraction of sp³-hybridized carbons (Fsp3) is 0.462. The lowest BCUT2D eigenvalue weighted by molar-refractivity contribution is 0.462. The second kappa shape index (κ2) is 5.66. The van der Waals surface area contributed by atoms with E-state index < -0.39 is 0 Å². The van der Waals surface area contributed by atoms with Crippen molar-refractivity contribution in [2.24, 2.45) is 0 Å². The maximum atomic E-state index is 5.75. The minimum Gasteiger partial charge on any atom is -0.440 e. The van der Waals surface area contributed by atoms with Crippen LogP contribution in [0.3, 0.4) is 0 Å². The van der Waals surface area contributed by atoms with Crippen LogP contribution in [0.2, 0.25) is 0 Å². The van der Waals surface area contributed by atoms with Gasteiger partial charge in [0.25, 0.3) is 0 Å². The van der Waals surface area contributed by atoms with Crippen LogP contribution in [0.15, 0.2) is 28.7 Å². The van der Waals surface area contributed by atoms with Crippen molar-refractivity contribution in [3.8, 4) is 0 Å². The van der Waals surface area contributed by atoms with Crippen LogP contribution in [0.1, 0.15) is 38.0 Å². The zero-order chi connectivity index (χ0) is 11.4. The van der Waals surface area contributed by atoms with E-state index in [1.807, 2.05) is 24.3 Å². The number of fused-ring (bicyclic) bond motifs is 1. The zero-order valence-corrected chi connectivity index (χ0v) is 11.6. The molecule has 2 nitrogen and oxygen atoms in total. The number of benzene rings is 1. The highest BCUT2D eigenvalue weighted by Gasteiger charge is 2.12. The Hall–Kier alpha value is -0.580. The summed E-state index contributed by atoms with van der Waals surface area (Å²) in [7, 11) is 0. The van der Waals surface area contributed by atoms with Crippen LogP contribution in [0, 0.1) is 0 Å². The first-order chi connectivity index (χ1) is 7.81. The molecule has 0 aliphatic carbocycles. The van der Waals surface area contributed by atoms with E-state index in [0.29, 0.717) is 5.92 Å². The molecule has 1 atom stereocenters. The molecule has 86 valence electrons. The maximum absolute atomic E-state index is 5.75. The predicted octanol–water partition coefficient (Wildman–Crippen LogP) is 4.54. The van der Waals surface area contributed by atoms with Crippen molar-refractivity contribution in [2.75, 3.05) is 4.43 Å². The van der Waals surface area contributed by atoms with Crippen molar-refractivity contribution < 1.29 is 4.42 Å². The molecule has 0 saturated carbocycles. The number of halogens is 1. The molecule has 1 aromatic carbocycles. The summed E-state index contributed by atoms with van der Waals surface area (Å²) in [6.07, 6.45) is 3.70. The predicted molar refractivity (Wildman–Crippen MR) is 75.2 cm³/mol. The average Bonchev–Trinajstić information content (AvgIpc) is 2.73. The molecule has 1 heterocycles. The molecule has 0 spiro atoms. The molecule has 0 aliphatic heterocycles. The van der Waals surface area contributed by atoms with Crippen LogP contribution in [-0.2, 0) is 0 Å². The van der Waals surface area contributed by atoms with Gasteiger partial charge in [-0.3, -0.25) is 0 Å². The quantitative estimate of drug-likeness (QED) is 0.457. The van der Waals surface area contributed by atoms with Gasteiger partial charge >= 0.3 is 0 Å². The summed E-state index contributed by atoms with van der Waals surface area (Å²) in [5.41, 5.74) is 1.87. The molecule has 0 aliphatic rings. The van der Waals surface area contributed by atoms with Crippen molar-refractivity contribution in [1.82, 2.24) is 4.98 Å². The SMILES string of the molecule is CC(CCCCI)c1nc2ccccc2o1. The molecule has 0 N–H and O–H groups in total. The Kier molecular flexibility index (Phi) is 4.21. The second-order valence-electron chi connectivity index (χ2n) is 4.11. The fourth-order valence-electron chi connectivity index (χ4n) is 1.77. The topological polar surface area (TPSA) is 26.0 Å². The Morgan fingerprint density at radius 2 is 2.12 bits per heavy atom. The molecule has 3 heteroatoms. The summed E-state index contributed by atoms with van der Waals surface area (Å²) in [4.78, 5) is 4.52. The van der Waals surface area contributed by atoms with Crippen LogP contribution in [0.4, 0.5) is 0 Å². The Balaban J connectivity index is 2.07. The van der Waals surface area contributed by atoms with Gasteiger partial charge in [0.05, 0.1) is 0 Å². The number of aromatic nitrogens is 1. The lowest BCUT2D eigenvalue weighted by Crippen LogP contribution is -1.93. The van der Waals surface area contributed by atoms with Crippen LogP contribution in [0.25, 0.3) is 11.1 Å². The summed E-state index contributed by atoms with van der Waals surface area (Å²) in [6.45, 7) is 2.19. The fourth-order valence-corrected chi connectivity index (χ4v) is 2.31. The molecule has 0 radical (unpaired) electrons. The van der Waals surface area contributed by atoms with Gasteiger partial charge in [0.1, 0.15) is 5.52 Å². The van der Waals surface area contributed by atoms with E-state index >= 15 is 0 Å². The van der Waals surface area contributed by atoms with Crippen LogP contribution in [0.5, 0.6) is 0 Å². The minimum absolute atomic E-state index is 0.426. The molecule has 1 aromatic heterocycles. The molecule has 0 bridgehead atoms. The van der Waals surface area contributed by atoms with Gasteiger partial charge in [-0.2, -0.15) is 0 Å². The number of hydrogen-bond donors (Lipinski definition) is 0. The first kappa shape index (κ1) is 11.9. The van der Waals surface area contributed by atoms with Gasteiger partial charge in [-0.15, -0.1) is 0 Å². The number of unbranched alkanes of at least 4 members (excludes halogenated alkanes) is 1. The molecular formula is C13H16INO. The van der Waals surface area contributed by atoms with E-state index in [1.54, 1.807) is 0 Å². The summed E-state index contributed by atoms with van der Waals surface area (Å²) in [5.74, 6) is 1.31. The lowest BCUT2D eigenvalue weighted by Gasteiger charge is -2.05. The third kappa shape index (κ3) is 2.75. The van der Waals surface area contributed by atoms with Gasteiger partial charge in [0, 0.05) is 5.92 Å². The molecule has 0 amide bonds. The Morgan fingerprint density at radius 1 is 1.31 bits per heavy atom. The first-order valence-electron chi connectivity index (χ1n) is 5.72. The number of para-hydroxylation sites is 2. The van der Waals surface area contributed by atoms with Crippen LogP contribution >= 0.6 is 22.6 Å². The largest absolute Gasteiger partial charge is 0.440 e. The average molecular weight is 329 g/mol. The number of rotatable bonds is 5. The Labute approximate surface area is 110 Å². The van der Waals surface area contributed by atoms with Gasteiger partial charge in [-0.05, 0) is 29.4 Å².